The van der Waals surface area contributed by atoms with Crippen LogP contribution in [0.4, 0.5) is 4.39 Å². The van der Waals surface area contributed by atoms with Crippen LogP contribution in [-0.4, -0.2) is 19.0 Å². The fourth-order valence-corrected chi connectivity index (χ4v) is 3.30. The Hall–Kier alpha value is -3.45. The lowest BCUT2D eigenvalue weighted by atomic mass is 10.1. The summed E-state index contributed by atoms with van der Waals surface area (Å²) < 4.78 is 30.3. The van der Waals surface area contributed by atoms with Gasteiger partial charge in [0.2, 0.25) is 5.90 Å². The fraction of sp³-hybridized carbons (Fsp3) is 0.0833. The Kier molecular flexibility index (Phi) is 6.13. The molecule has 3 aromatic rings. The Morgan fingerprint density at radius 1 is 1.06 bits per heavy atom. The van der Waals surface area contributed by atoms with Gasteiger partial charge in [-0.1, -0.05) is 28.1 Å². The van der Waals surface area contributed by atoms with Crippen molar-refractivity contribution in [2.75, 3.05) is 7.11 Å². The summed E-state index contributed by atoms with van der Waals surface area (Å²) in [6.45, 7) is 0.253. The lowest BCUT2D eigenvalue weighted by Crippen LogP contribution is -2.05. The van der Waals surface area contributed by atoms with E-state index in [0.29, 0.717) is 22.6 Å². The highest BCUT2D eigenvalue weighted by molar-refractivity contribution is 9.10. The molecule has 0 aromatic heterocycles. The number of ether oxygens (including phenoxy) is 3. The molecular weight excluding hydrogens is 465 g/mol. The van der Waals surface area contributed by atoms with Crippen LogP contribution in [0.15, 0.2) is 81.9 Å². The quantitative estimate of drug-likeness (QED) is 0.343. The highest BCUT2D eigenvalue weighted by Crippen LogP contribution is 2.28. The second-order valence-electron chi connectivity index (χ2n) is 6.66. The highest BCUT2D eigenvalue weighted by Gasteiger charge is 2.24. The molecule has 7 heteroatoms. The van der Waals surface area contributed by atoms with Crippen molar-refractivity contribution in [3.05, 3.63) is 99.4 Å². The van der Waals surface area contributed by atoms with Crippen molar-refractivity contribution in [3.8, 4) is 11.5 Å². The predicted octanol–water partition coefficient (Wildman–Crippen LogP) is 5.52. The molecule has 0 unspecified atom stereocenters. The van der Waals surface area contributed by atoms with Crippen molar-refractivity contribution in [1.29, 1.82) is 0 Å². The zero-order valence-corrected chi connectivity index (χ0v) is 18.1. The third-order valence-corrected chi connectivity index (χ3v) is 5.02. The monoisotopic (exact) mass is 481 g/mol. The van der Waals surface area contributed by atoms with Crippen molar-refractivity contribution in [2.24, 2.45) is 4.99 Å². The normalized spacial score (nSPS) is 14.4. The lowest BCUT2D eigenvalue weighted by Gasteiger charge is -2.10. The molecule has 0 amide bonds. The van der Waals surface area contributed by atoms with Crippen LogP contribution in [0.3, 0.4) is 0 Å². The molecule has 0 saturated carbocycles. The van der Waals surface area contributed by atoms with E-state index in [1.165, 1.54) is 12.1 Å². The molecule has 0 saturated heterocycles. The molecule has 31 heavy (non-hydrogen) atoms. The number of aliphatic imine (C=N–C) groups is 1. The van der Waals surface area contributed by atoms with Gasteiger partial charge in [-0.2, -0.15) is 0 Å². The van der Waals surface area contributed by atoms with Gasteiger partial charge < -0.3 is 14.2 Å². The minimum Gasteiger partial charge on any atom is -0.497 e. The molecule has 0 spiro atoms. The molecule has 0 radical (unpaired) electrons. The average molecular weight is 482 g/mol. The van der Waals surface area contributed by atoms with Gasteiger partial charge in [0.1, 0.15) is 23.9 Å². The number of nitrogens with zero attached hydrogens (tertiary/aromatic N) is 1. The molecule has 1 aliphatic rings. The molecule has 0 bridgehead atoms. The maximum absolute atomic E-state index is 13.1. The number of esters is 1. The van der Waals surface area contributed by atoms with Gasteiger partial charge in [0.15, 0.2) is 5.70 Å². The van der Waals surface area contributed by atoms with Crippen molar-refractivity contribution in [2.45, 2.75) is 6.61 Å². The summed E-state index contributed by atoms with van der Waals surface area (Å²) in [5, 5.41) is 0. The Bertz CT molecular complexity index is 1170. The molecular formula is C24H17BrFNO4. The first-order chi connectivity index (χ1) is 15.0. The molecule has 4 rings (SSSR count). The third-order valence-electron chi connectivity index (χ3n) is 4.53. The number of cyclic esters (lactones) is 1. The summed E-state index contributed by atoms with van der Waals surface area (Å²) in [5.74, 6) is 0.628. The van der Waals surface area contributed by atoms with E-state index >= 15 is 0 Å². The molecule has 1 heterocycles. The topological polar surface area (TPSA) is 57.1 Å². The Morgan fingerprint density at radius 3 is 2.52 bits per heavy atom. The van der Waals surface area contributed by atoms with Gasteiger partial charge in [-0.15, -0.1) is 0 Å². The first kappa shape index (κ1) is 20.8. The van der Waals surface area contributed by atoms with Crippen LogP contribution in [0.5, 0.6) is 11.5 Å². The highest BCUT2D eigenvalue weighted by atomic mass is 79.9. The second-order valence-corrected chi connectivity index (χ2v) is 7.58. The molecule has 0 atom stereocenters. The van der Waals surface area contributed by atoms with Crippen molar-refractivity contribution in [3.63, 3.8) is 0 Å². The summed E-state index contributed by atoms with van der Waals surface area (Å²) in [6.07, 6.45) is 1.61. The molecule has 0 N–H and O–H groups in total. The molecule has 3 aromatic carbocycles. The van der Waals surface area contributed by atoms with E-state index in [-0.39, 0.29) is 24.0 Å². The van der Waals surface area contributed by atoms with Gasteiger partial charge in [0.05, 0.1) is 7.11 Å². The predicted molar refractivity (Wildman–Crippen MR) is 118 cm³/mol. The number of carbonyl (C=O) groups is 1. The van der Waals surface area contributed by atoms with Crippen LogP contribution in [-0.2, 0) is 16.1 Å². The molecule has 0 fully saturated rings. The first-order valence-electron chi connectivity index (χ1n) is 9.35. The Balaban J connectivity index is 1.59. The number of hydrogen-bond acceptors (Lipinski definition) is 5. The van der Waals surface area contributed by atoms with Crippen LogP contribution >= 0.6 is 15.9 Å². The number of carbonyl (C=O) groups excluding carboxylic acids is 1. The van der Waals surface area contributed by atoms with Gasteiger partial charge in [-0.3, -0.25) is 0 Å². The van der Waals surface area contributed by atoms with Gasteiger partial charge in [-0.25, -0.2) is 14.2 Å². The van der Waals surface area contributed by atoms with E-state index in [9.17, 15) is 9.18 Å². The van der Waals surface area contributed by atoms with E-state index in [2.05, 4.69) is 20.9 Å². The smallest absolute Gasteiger partial charge is 0.363 e. The minimum absolute atomic E-state index is 0.163. The molecule has 5 nitrogen and oxygen atoms in total. The van der Waals surface area contributed by atoms with Gasteiger partial charge in [0.25, 0.3) is 0 Å². The maximum Gasteiger partial charge on any atom is 0.363 e. The average Bonchev–Trinajstić information content (AvgIpc) is 3.14. The first-order valence-corrected chi connectivity index (χ1v) is 10.1. The summed E-state index contributed by atoms with van der Waals surface area (Å²) in [5.41, 5.74) is 2.31. The number of benzene rings is 3. The van der Waals surface area contributed by atoms with E-state index < -0.39 is 5.97 Å². The standard InChI is InChI=1S/C24H17BrFNO4/c1-29-20-9-4-16(5-10-20)23-27-21(24(28)31-23)13-17-12-18(25)6-11-22(17)30-14-15-2-7-19(26)8-3-15/h2-13H,14H2,1H3. The van der Waals surface area contributed by atoms with Crippen LogP contribution in [0.1, 0.15) is 16.7 Å². The largest absolute Gasteiger partial charge is 0.497 e. The van der Waals surface area contributed by atoms with Crippen LogP contribution in [0.25, 0.3) is 6.08 Å². The maximum atomic E-state index is 13.1. The molecule has 0 aliphatic carbocycles. The summed E-state index contributed by atoms with van der Waals surface area (Å²) >= 11 is 3.44. The molecule has 1 aliphatic heterocycles. The van der Waals surface area contributed by atoms with Crippen molar-refractivity contribution >= 4 is 33.9 Å². The number of rotatable bonds is 6. The van der Waals surface area contributed by atoms with Gasteiger partial charge >= 0.3 is 5.97 Å². The van der Waals surface area contributed by atoms with E-state index in [1.807, 2.05) is 12.1 Å². The second kappa shape index (κ2) is 9.14. The van der Waals surface area contributed by atoms with Gasteiger partial charge in [-0.05, 0) is 66.2 Å². The van der Waals surface area contributed by atoms with Crippen LogP contribution in [0.2, 0.25) is 0 Å². The van der Waals surface area contributed by atoms with E-state index in [1.54, 1.807) is 55.7 Å². The van der Waals surface area contributed by atoms with Crippen LogP contribution in [0, 0.1) is 5.82 Å². The third kappa shape index (κ3) is 5.00. The molecule has 156 valence electrons. The lowest BCUT2D eigenvalue weighted by molar-refractivity contribution is -0.129. The summed E-state index contributed by atoms with van der Waals surface area (Å²) in [7, 11) is 1.58. The zero-order valence-electron chi connectivity index (χ0n) is 16.5. The van der Waals surface area contributed by atoms with Crippen molar-refractivity contribution in [1.82, 2.24) is 0 Å². The summed E-state index contributed by atoms with van der Waals surface area (Å²) in [6, 6.07) is 18.6. The van der Waals surface area contributed by atoms with E-state index in [0.717, 1.165) is 10.0 Å². The zero-order chi connectivity index (χ0) is 21.8. The van der Waals surface area contributed by atoms with Crippen molar-refractivity contribution < 1.29 is 23.4 Å². The fourth-order valence-electron chi connectivity index (χ4n) is 2.92. The number of halogens is 2. The Morgan fingerprint density at radius 2 is 1.81 bits per heavy atom. The van der Waals surface area contributed by atoms with E-state index in [4.69, 9.17) is 14.2 Å². The van der Waals surface area contributed by atoms with Crippen LogP contribution < -0.4 is 9.47 Å². The Labute approximate surface area is 186 Å². The number of hydrogen-bond donors (Lipinski definition) is 0. The SMILES string of the molecule is COc1ccc(C2=NC(=Cc3cc(Br)ccc3OCc3ccc(F)cc3)C(=O)O2)cc1. The summed E-state index contributed by atoms with van der Waals surface area (Å²) in [4.78, 5) is 16.7. The van der Waals surface area contributed by atoms with Gasteiger partial charge in [0, 0.05) is 15.6 Å². The number of methoxy groups -OCH3 is 1. The minimum atomic E-state index is -0.546.